The van der Waals surface area contributed by atoms with Crippen LogP contribution in [0.15, 0.2) is 6.07 Å². The van der Waals surface area contributed by atoms with E-state index in [-0.39, 0.29) is 28.2 Å². The van der Waals surface area contributed by atoms with Crippen molar-refractivity contribution >= 4 is 17.6 Å². The number of hydrogen-bond acceptors (Lipinski definition) is 4. The van der Waals surface area contributed by atoms with Crippen LogP contribution in [0.5, 0.6) is 11.5 Å². The highest BCUT2D eigenvalue weighted by Gasteiger charge is 2.30. The number of fused-ring (bicyclic) bond motifs is 1. The number of phenolic OH excluding ortho intramolecular Hbond substituents is 2. The van der Waals surface area contributed by atoms with Gasteiger partial charge in [0, 0.05) is 12.5 Å². The molecule has 0 amide bonds. The van der Waals surface area contributed by atoms with Gasteiger partial charge < -0.3 is 14.9 Å². The molecule has 80 valence electrons. The number of ether oxygens (including phenoxy) is 1. The second-order valence-corrected chi connectivity index (χ2v) is 3.88. The molecule has 0 radical (unpaired) electrons. The van der Waals surface area contributed by atoms with E-state index in [1.165, 1.54) is 0 Å². The maximum atomic E-state index is 11.5. The number of aromatic hydroxyl groups is 2. The maximum absolute atomic E-state index is 11.5. The molecule has 0 fully saturated rings. The van der Waals surface area contributed by atoms with E-state index < -0.39 is 5.97 Å². The first-order chi connectivity index (χ1) is 7.00. The number of cyclic esters (lactones) is 1. The van der Waals surface area contributed by atoms with Crippen LogP contribution in [0.3, 0.4) is 0 Å². The zero-order valence-electron chi connectivity index (χ0n) is 7.95. The molecule has 5 heteroatoms. The maximum Gasteiger partial charge on any atom is 0.342 e. The highest BCUT2D eigenvalue weighted by molar-refractivity contribution is 6.33. The number of phenols is 2. The van der Waals surface area contributed by atoms with Crippen LogP contribution in [-0.4, -0.2) is 22.3 Å². The Hall–Kier alpha value is -1.42. The Kier molecular flexibility index (Phi) is 2.23. The third-order valence-electron chi connectivity index (χ3n) is 2.33. The van der Waals surface area contributed by atoms with Gasteiger partial charge in [0.2, 0.25) is 0 Å². The summed E-state index contributed by atoms with van der Waals surface area (Å²) in [6, 6.07) is 1.04. The molecule has 2 N–H and O–H groups in total. The Balaban J connectivity index is 2.69. The smallest absolute Gasteiger partial charge is 0.342 e. The van der Waals surface area contributed by atoms with E-state index in [1.54, 1.807) is 6.92 Å². The molecular formula is C10H9ClO4. The molecule has 1 unspecified atom stereocenters. The van der Waals surface area contributed by atoms with E-state index in [2.05, 4.69) is 0 Å². The zero-order valence-corrected chi connectivity index (χ0v) is 8.71. The van der Waals surface area contributed by atoms with Gasteiger partial charge in [-0.1, -0.05) is 11.6 Å². The Morgan fingerprint density at radius 3 is 2.80 bits per heavy atom. The first-order valence-corrected chi connectivity index (χ1v) is 4.82. The topological polar surface area (TPSA) is 66.8 Å². The molecule has 0 saturated heterocycles. The van der Waals surface area contributed by atoms with Crippen molar-refractivity contribution in [2.75, 3.05) is 0 Å². The fourth-order valence-electron chi connectivity index (χ4n) is 1.67. The van der Waals surface area contributed by atoms with Gasteiger partial charge >= 0.3 is 5.97 Å². The van der Waals surface area contributed by atoms with Crippen molar-refractivity contribution in [2.24, 2.45) is 0 Å². The quantitative estimate of drug-likeness (QED) is 0.665. The van der Waals surface area contributed by atoms with Crippen LogP contribution in [0, 0.1) is 0 Å². The fraction of sp³-hybridized carbons (Fsp3) is 0.300. The van der Waals surface area contributed by atoms with Gasteiger partial charge in [-0.15, -0.1) is 0 Å². The molecule has 2 rings (SSSR count). The molecule has 1 atom stereocenters. The molecule has 0 spiro atoms. The number of rotatable bonds is 0. The van der Waals surface area contributed by atoms with Crippen molar-refractivity contribution < 1.29 is 19.7 Å². The summed E-state index contributed by atoms with van der Waals surface area (Å²) in [5, 5.41) is 19.0. The SMILES string of the molecule is CC1Cc2c(Cl)c(O)cc(O)c2C(=O)O1. The zero-order chi connectivity index (χ0) is 11.2. The lowest BCUT2D eigenvalue weighted by atomic mass is 9.98. The lowest BCUT2D eigenvalue weighted by Crippen LogP contribution is -2.25. The van der Waals surface area contributed by atoms with Crippen molar-refractivity contribution in [1.82, 2.24) is 0 Å². The van der Waals surface area contributed by atoms with Crippen LogP contribution in [0.4, 0.5) is 0 Å². The summed E-state index contributed by atoms with van der Waals surface area (Å²) < 4.78 is 4.95. The fourth-order valence-corrected chi connectivity index (χ4v) is 1.90. The Morgan fingerprint density at radius 1 is 1.47 bits per heavy atom. The first-order valence-electron chi connectivity index (χ1n) is 4.45. The van der Waals surface area contributed by atoms with Gasteiger partial charge in [0.15, 0.2) is 0 Å². The predicted octanol–water partition coefficient (Wildman–Crippen LogP) is 1.85. The number of esters is 1. The van der Waals surface area contributed by atoms with Crippen LogP contribution in [-0.2, 0) is 11.2 Å². The average Bonchev–Trinajstić information content (AvgIpc) is 2.12. The van der Waals surface area contributed by atoms with Gasteiger partial charge in [-0.05, 0) is 12.5 Å². The second kappa shape index (κ2) is 3.31. The minimum atomic E-state index is -0.608. The van der Waals surface area contributed by atoms with Gasteiger partial charge in [-0.2, -0.15) is 0 Å². The van der Waals surface area contributed by atoms with Crippen molar-refractivity contribution in [3.05, 3.63) is 22.2 Å². The first kappa shape index (κ1) is 10.1. The molecular weight excluding hydrogens is 220 g/mol. The monoisotopic (exact) mass is 228 g/mol. The minimum absolute atomic E-state index is 0.0518. The molecule has 15 heavy (non-hydrogen) atoms. The Bertz CT molecular complexity index is 442. The van der Waals surface area contributed by atoms with Gasteiger partial charge in [0.1, 0.15) is 23.2 Å². The predicted molar refractivity (Wildman–Crippen MR) is 53.4 cm³/mol. The highest BCUT2D eigenvalue weighted by Crippen LogP contribution is 2.39. The summed E-state index contributed by atoms with van der Waals surface area (Å²) in [5.74, 6) is -1.14. The standard InChI is InChI=1S/C10H9ClO4/c1-4-2-5-8(10(14)15-4)6(12)3-7(13)9(5)11/h3-4,12-13H,2H2,1H3. The van der Waals surface area contributed by atoms with Gasteiger partial charge in [0.05, 0.1) is 5.02 Å². The third-order valence-corrected chi connectivity index (χ3v) is 2.75. The Labute approximate surface area is 91.1 Å². The van der Waals surface area contributed by atoms with Crippen LogP contribution in [0.25, 0.3) is 0 Å². The van der Waals surface area contributed by atoms with Crippen molar-refractivity contribution in [3.63, 3.8) is 0 Å². The van der Waals surface area contributed by atoms with Gasteiger partial charge in [-0.3, -0.25) is 0 Å². The van der Waals surface area contributed by atoms with Crippen LogP contribution in [0.1, 0.15) is 22.8 Å². The summed E-state index contributed by atoms with van der Waals surface area (Å²) in [7, 11) is 0. The molecule has 1 heterocycles. The number of benzene rings is 1. The van der Waals surface area contributed by atoms with Crippen LogP contribution in [0.2, 0.25) is 5.02 Å². The van der Waals surface area contributed by atoms with Crippen molar-refractivity contribution in [1.29, 1.82) is 0 Å². The van der Waals surface area contributed by atoms with E-state index in [1.807, 2.05) is 0 Å². The average molecular weight is 229 g/mol. The van der Waals surface area contributed by atoms with Crippen molar-refractivity contribution in [3.8, 4) is 11.5 Å². The molecule has 4 nitrogen and oxygen atoms in total. The molecule has 1 aliphatic heterocycles. The minimum Gasteiger partial charge on any atom is -0.507 e. The van der Waals surface area contributed by atoms with E-state index in [4.69, 9.17) is 16.3 Å². The lowest BCUT2D eigenvalue weighted by molar-refractivity contribution is 0.0297. The second-order valence-electron chi connectivity index (χ2n) is 3.50. The number of carbonyl (C=O) groups is 1. The van der Waals surface area contributed by atoms with Crippen LogP contribution >= 0.6 is 11.6 Å². The third kappa shape index (κ3) is 1.51. The van der Waals surface area contributed by atoms with E-state index in [0.29, 0.717) is 12.0 Å². The van der Waals surface area contributed by atoms with Gasteiger partial charge in [0.25, 0.3) is 0 Å². The van der Waals surface area contributed by atoms with Crippen molar-refractivity contribution in [2.45, 2.75) is 19.4 Å². The molecule has 0 bridgehead atoms. The highest BCUT2D eigenvalue weighted by atomic mass is 35.5. The Morgan fingerprint density at radius 2 is 2.13 bits per heavy atom. The lowest BCUT2D eigenvalue weighted by Gasteiger charge is -2.23. The summed E-state index contributed by atoms with van der Waals surface area (Å²) in [4.78, 5) is 11.5. The number of carbonyl (C=O) groups excluding carboxylic acids is 1. The summed E-state index contributed by atoms with van der Waals surface area (Å²) >= 11 is 5.84. The van der Waals surface area contributed by atoms with E-state index in [0.717, 1.165) is 6.07 Å². The molecule has 1 aromatic carbocycles. The largest absolute Gasteiger partial charge is 0.507 e. The molecule has 0 aliphatic carbocycles. The molecule has 1 aliphatic rings. The normalized spacial score (nSPS) is 19.6. The van der Waals surface area contributed by atoms with E-state index >= 15 is 0 Å². The van der Waals surface area contributed by atoms with Crippen LogP contribution < -0.4 is 0 Å². The van der Waals surface area contributed by atoms with E-state index in [9.17, 15) is 15.0 Å². The summed E-state index contributed by atoms with van der Waals surface area (Å²) in [6.07, 6.45) is 0.0886. The molecule has 0 aromatic heterocycles. The number of halogens is 1. The summed E-state index contributed by atoms with van der Waals surface area (Å²) in [5.41, 5.74) is 0.494. The number of hydrogen-bond donors (Lipinski definition) is 2. The molecule has 1 aromatic rings. The molecule has 0 saturated carbocycles. The summed E-state index contributed by atoms with van der Waals surface area (Å²) in [6.45, 7) is 1.72. The van der Waals surface area contributed by atoms with Gasteiger partial charge in [-0.25, -0.2) is 4.79 Å².